The second-order valence-corrected chi connectivity index (χ2v) is 5.23. The van der Waals surface area contributed by atoms with Gasteiger partial charge in [0.2, 0.25) is 5.91 Å². The molecule has 5 nitrogen and oxygen atoms in total. The molecule has 1 unspecified atom stereocenters. The molecule has 6 heteroatoms. The zero-order chi connectivity index (χ0) is 14.6. The lowest BCUT2D eigenvalue weighted by Crippen LogP contribution is -2.46. The van der Waals surface area contributed by atoms with Crippen LogP contribution in [-0.2, 0) is 4.79 Å². The van der Waals surface area contributed by atoms with Crippen LogP contribution < -0.4 is 11.1 Å². The number of hydrogen-bond acceptors (Lipinski definition) is 3. The summed E-state index contributed by atoms with van der Waals surface area (Å²) in [7, 11) is 0. The summed E-state index contributed by atoms with van der Waals surface area (Å²) in [5.41, 5.74) is 5.23. The summed E-state index contributed by atoms with van der Waals surface area (Å²) >= 11 is 6.07. The van der Waals surface area contributed by atoms with E-state index in [0.29, 0.717) is 5.02 Å². The fraction of sp³-hybridized carbons (Fsp3) is 0.385. The molecule has 4 N–H and O–H groups in total. The van der Waals surface area contributed by atoms with Gasteiger partial charge in [-0.25, -0.2) is 0 Å². The normalized spacial score (nSPS) is 14.0. The summed E-state index contributed by atoms with van der Waals surface area (Å²) in [6, 6.07) is 6.99. The first-order valence-corrected chi connectivity index (χ1v) is 6.22. The van der Waals surface area contributed by atoms with Crippen molar-refractivity contribution < 1.29 is 10.0 Å². The molecular weight excluding hydrogens is 266 g/mol. The van der Waals surface area contributed by atoms with Crippen molar-refractivity contribution in [3.8, 4) is 0 Å². The Hall–Kier alpha value is -1.75. The number of hydrogen-bond donors (Lipinski definition) is 3. The number of amidine groups is 1. The van der Waals surface area contributed by atoms with Crippen molar-refractivity contribution in [1.82, 2.24) is 5.32 Å². The molecule has 0 radical (unpaired) electrons. The fourth-order valence-corrected chi connectivity index (χ4v) is 1.82. The van der Waals surface area contributed by atoms with Crippen molar-refractivity contribution in [2.24, 2.45) is 16.3 Å². The highest BCUT2D eigenvalue weighted by atomic mass is 35.5. The minimum Gasteiger partial charge on any atom is -0.409 e. The predicted molar refractivity (Wildman–Crippen MR) is 75.2 cm³/mol. The Morgan fingerprint density at radius 3 is 2.58 bits per heavy atom. The van der Waals surface area contributed by atoms with Crippen LogP contribution in [0.25, 0.3) is 0 Å². The van der Waals surface area contributed by atoms with Gasteiger partial charge in [-0.3, -0.25) is 4.79 Å². The Morgan fingerprint density at radius 1 is 1.47 bits per heavy atom. The molecule has 0 saturated heterocycles. The quantitative estimate of drug-likeness (QED) is 0.343. The molecule has 0 bridgehead atoms. The lowest BCUT2D eigenvalue weighted by atomic mass is 9.90. The van der Waals surface area contributed by atoms with E-state index in [1.54, 1.807) is 19.9 Å². The third kappa shape index (κ3) is 3.38. The van der Waals surface area contributed by atoms with Crippen LogP contribution in [-0.4, -0.2) is 17.0 Å². The van der Waals surface area contributed by atoms with E-state index in [1.807, 2.05) is 25.1 Å². The molecule has 0 spiro atoms. The molecule has 0 aromatic heterocycles. The molecule has 1 aromatic rings. The zero-order valence-electron chi connectivity index (χ0n) is 11.1. The standard InChI is InChI=1S/C13H18ClN3O2/c1-8(9-6-4-5-7-10(9)14)16-12(18)13(2,3)11(15)17-19/h4-8,19H,1-3H3,(H2,15,17)(H,16,18). The monoisotopic (exact) mass is 283 g/mol. The van der Waals surface area contributed by atoms with Crippen molar-refractivity contribution >= 4 is 23.3 Å². The maximum absolute atomic E-state index is 12.1. The molecule has 0 heterocycles. The van der Waals surface area contributed by atoms with E-state index in [-0.39, 0.29) is 17.8 Å². The van der Waals surface area contributed by atoms with Crippen LogP contribution in [0.5, 0.6) is 0 Å². The van der Waals surface area contributed by atoms with Gasteiger partial charge in [0, 0.05) is 5.02 Å². The summed E-state index contributed by atoms with van der Waals surface area (Å²) in [4.78, 5) is 12.1. The van der Waals surface area contributed by atoms with Crippen molar-refractivity contribution in [2.45, 2.75) is 26.8 Å². The largest absolute Gasteiger partial charge is 0.409 e. The molecule has 1 atom stereocenters. The topological polar surface area (TPSA) is 87.7 Å². The van der Waals surface area contributed by atoms with E-state index in [9.17, 15) is 4.79 Å². The molecule has 0 aliphatic rings. The molecular formula is C13H18ClN3O2. The van der Waals surface area contributed by atoms with Crippen molar-refractivity contribution in [2.75, 3.05) is 0 Å². The van der Waals surface area contributed by atoms with Gasteiger partial charge in [0.05, 0.1) is 6.04 Å². The number of nitrogens with two attached hydrogens (primary N) is 1. The van der Waals surface area contributed by atoms with Crippen LogP contribution in [0.3, 0.4) is 0 Å². The molecule has 1 amide bonds. The van der Waals surface area contributed by atoms with E-state index in [2.05, 4.69) is 10.5 Å². The van der Waals surface area contributed by atoms with E-state index in [1.165, 1.54) is 0 Å². The predicted octanol–water partition coefficient (Wildman–Crippen LogP) is 2.29. The number of amides is 1. The number of rotatable bonds is 4. The van der Waals surface area contributed by atoms with Crippen LogP contribution in [0.15, 0.2) is 29.4 Å². The summed E-state index contributed by atoms with van der Waals surface area (Å²) in [5.74, 6) is -0.480. The molecule has 1 aromatic carbocycles. The van der Waals surface area contributed by atoms with Crippen LogP contribution in [0.4, 0.5) is 0 Å². The van der Waals surface area contributed by atoms with Gasteiger partial charge in [-0.2, -0.15) is 0 Å². The van der Waals surface area contributed by atoms with Crippen molar-refractivity contribution in [3.05, 3.63) is 34.9 Å². The van der Waals surface area contributed by atoms with Crippen LogP contribution in [0.2, 0.25) is 5.02 Å². The number of nitrogens with zero attached hydrogens (tertiary/aromatic N) is 1. The first-order valence-electron chi connectivity index (χ1n) is 5.84. The van der Waals surface area contributed by atoms with Crippen molar-refractivity contribution in [3.63, 3.8) is 0 Å². The lowest BCUT2D eigenvalue weighted by Gasteiger charge is -2.25. The Labute approximate surface area is 117 Å². The molecule has 0 aliphatic carbocycles. The highest BCUT2D eigenvalue weighted by molar-refractivity contribution is 6.31. The molecule has 19 heavy (non-hydrogen) atoms. The summed E-state index contributed by atoms with van der Waals surface area (Å²) in [6.07, 6.45) is 0. The van der Waals surface area contributed by atoms with Gasteiger partial charge in [-0.05, 0) is 32.4 Å². The number of carbonyl (C=O) groups is 1. The van der Waals surface area contributed by atoms with Gasteiger partial charge < -0.3 is 16.3 Å². The van der Waals surface area contributed by atoms with Crippen LogP contribution in [0, 0.1) is 5.41 Å². The van der Waals surface area contributed by atoms with Crippen molar-refractivity contribution in [1.29, 1.82) is 0 Å². The number of carbonyl (C=O) groups excluding carboxylic acids is 1. The molecule has 0 saturated carbocycles. The molecule has 0 fully saturated rings. The van der Waals surface area contributed by atoms with Gasteiger partial charge in [0.15, 0.2) is 5.84 Å². The molecule has 1 rings (SSSR count). The first-order chi connectivity index (χ1) is 8.80. The summed E-state index contributed by atoms with van der Waals surface area (Å²) in [6.45, 7) is 4.98. The summed E-state index contributed by atoms with van der Waals surface area (Å²) < 4.78 is 0. The van der Waals surface area contributed by atoms with E-state index in [4.69, 9.17) is 22.5 Å². The third-order valence-corrected chi connectivity index (χ3v) is 3.38. The Morgan fingerprint density at radius 2 is 2.05 bits per heavy atom. The minimum absolute atomic E-state index is 0.142. The maximum atomic E-state index is 12.1. The average molecular weight is 284 g/mol. The highest BCUT2D eigenvalue weighted by Gasteiger charge is 2.33. The van der Waals surface area contributed by atoms with Gasteiger partial charge in [-0.15, -0.1) is 0 Å². The second kappa shape index (κ2) is 5.93. The van der Waals surface area contributed by atoms with E-state index < -0.39 is 5.41 Å². The zero-order valence-corrected chi connectivity index (χ0v) is 11.9. The number of oxime groups is 1. The minimum atomic E-state index is -1.09. The highest BCUT2D eigenvalue weighted by Crippen LogP contribution is 2.24. The number of benzene rings is 1. The second-order valence-electron chi connectivity index (χ2n) is 4.83. The smallest absolute Gasteiger partial charge is 0.233 e. The van der Waals surface area contributed by atoms with Crippen LogP contribution in [0.1, 0.15) is 32.4 Å². The molecule has 104 valence electrons. The average Bonchev–Trinajstić information content (AvgIpc) is 2.37. The maximum Gasteiger partial charge on any atom is 0.233 e. The fourth-order valence-electron chi connectivity index (χ4n) is 1.52. The Balaban J connectivity index is 2.86. The lowest BCUT2D eigenvalue weighted by molar-refractivity contribution is -0.127. The van der Waals surface area contributed by atoms with E-state index in [0.717, 1.165) is 5.56 Å². The van der Waals surface area contributed by atoms with E-state index >= 15 is 0 Å². The Bertz CT molecular complexity index is 500. The van der Waals surface area contributed by atoms with Gasteiger partial charge in [0.25, 0.3) is 0 Å². The first kappa shape index (κ1) is 15.3. The SMILES string of the molecule is CC(NC(=O)C(C)(C)C(N)=NO)c1ccccc1Cl. The van der Waals surface area contributed by atoms with Gasteiger partial charge >= 0.3 is 0 Å². The van der Waals surface area contributed by atoms with Crippen LogP contribution >= 0.6 is 11.6 Å². The molecule has 0 aliphatic heterocycles. The summed E-state index contributed by atoms with van der Waals surface area (Å²) in [5, 5.41) is 14.9. The third-order valence-electron chi connectivity index (χ3n) is 3.04. The number of nitrogens with one attached hydrogen (secondary N) is 1. The Kier molecular flexibility index (Phi) is 4.78. The number of halogens is 1. The van der Waals surface area contributed by atoms with Gasteiger partial charge in [-0.1, -0.05) is 35.0 Å². The van der Waals surface area contributed by atoms with Gasteiger partial charge in [0.1, 0.15) is 5.41 Å².